The summed E-state index contributed by atoms with van der Waals surface area (Å²) in [5.74, 6) is 11.7. The van der Waals surface area contributed by atoms with Gasteiger partial charge in [-0.25, -0.2) is 0 Å². The summed E-state index contributed by atoms with van der Waals surface area (Å²) < 4.78 is 11.1. The van der Waals surface area contributed by atoms with Crippen LogP contribution in [0.4, 0.5) is 0 Å². The van der Waals surface area contributed by atoms with Gasteiger partial charge >= 0.3 is 0 Å². The smallest absolute Gasteiger partial charge is 0.147 e. The first-order valence-electron chi connectivity index (χ1n) is 15.2. The zero-order chi connectivity index (χ0) is 33.3. The maximum Gasteiger partial charge on any atom is 0.147 e. The van der Waals surface area contributed by atoms with Crippen LogP contribution in [0, 0.1) is 23.7 Å². The van der Waals surface area contributed by atoms with Crippen LogP contribution in [0.1, 0.15) is 28.3 Å². The summed E-state index contributed by atoms with van der Waals surface area (Å²) in [4.78, 5) is 4.33. The van der Waals surface area contributed by atoms with Crippen LogP contribution in [-0.4, -0.2) is 159 Å². The predicted molar refractivity (Wildman–Crippen MR) is 166 cm³/mol. The number of rotatable bonds is 6. The number of hydrogen-bond donors (Lipinski definition) is 8. The molecule has 12 heteroatoms. The van der Waals surface area contributed by atoms with Crippen LogP contribution in [0.5, 0.6) is 0 Å². The van der Waals surface area contributed by atoms with Crippen molar-refractivity contribution in [2.24, 2.45) is 0 Å². The van der Waals surface area contributed by atoms with Crippen molar-refractivity contribution in [2.45, 2.75) is 67.1 Å². The van der Waals surface area contributed by atoms with Crippen LogP contribution in [0.25, 0.3) is 11.1 Å². The Labute approximate surface area is 268 Å². The van der Waals surface area contributed by atoms with Gasteiger partial charge in [-0.05, 0) is 67.7 Å². The van der Waals surface area contributed by atoms with Gasteiger partial charge in [0.25, 0.3) is 0 Å². The van der Waals surface area contributed by atoms with E-state index in [4.69, 9.17) is 9.47 Å². The van der Waals surface area contributed by atoms with Gasteiger partial charge in [-0.2, -0.15) is 0 Å². The lowest BCUT2D eigenvalue weighted by Crippen LogP contribution is -2.58. The molecule has 2 aliphatic heterocycles. The number of aliphatic hydroxyl groups excluding tert-OH is 8. The van der Waals surface area contributed by atoms with Crippen LogP contribution in [0.15, 0.2) is 36.4 Å². The minimum absolute atomic E-state index is 0.159. The van der Waals surface area contributed by atoms with Gasteiger partial charge < -0.3 is 55.2 Å². The van der Waals surface area contributed by atoms with Crippen molar-refractivity contribution < 1.29 is 50.3 Å². The Bertz CT molecular complexity index is 1410. The van der Waals surface area contributed by atoms with Crippen LogP contribution in [0.3, 0.4) is 0 Å². The molecule has 248 valence electrons. The zero-order valence-electron chi connectivity index (χ0n) is 25.9. The van der Waals surface area contributed by atoms with Crippen molar-refractivity contribution in [1.82, 2.24) is 9.80 Å². The van der Waals surface area contributed by atoms with Crippen LogP contribution < -0.4 is 0 Å². The van der Waals surface area contributed by atoms with Crippen molar-refractivity contribution in [2.75, 3.05) is 47.4 Å². The van der Waals surface area contributed by atoms with E-state index in [9.17, 15) is 40.9 Å². The molecule has 0 amide bonds. The lowest BCUT2D eigenvalue weighted by atomic mass is 9.95. The predicted octanol–water partition coefficient (Wildman–Crippen LogP) is -2.36. The van der Waals surface area contributed by atoms with E-state index < -0.39 is 74.3 Å². The molecule has 2 aromatic carbocycles. The van der Waals surface area contributed by atoms with Crippen molar-refractivity contribution in [1.29, 1.82) is 0 Å². The van der Waals surface area contributed by atoms with E-state index in [1.54, 1.807) is 0 Å². The molecule has 0 radical (unpaired) electrons. The van der Waals surface area contributed by atoms with Crippen molar-refractivity contribution in [3.05, 3.63) is 58.7 Å². The van der Waals surface area contributed by atoms with Gasteiger partial charge in [0.05, 0.1) is 19.3 Å². The molecule has 0 saturated carbocycles. The molecule has 46 heavy (non-hydrogen) atoms. The number of aliphatic hydroxyl groups is 8. The largest absolute Gasteiger partial charge is 0.394 e. The minimum atomic E-state index is -1.51. The highest BCUT2D eigenvalue weighted by Crippen LogP contribution is 2.46. The van der Waals surface area contributed by atoms with Crippen LogP contribution in [-0.2, 0) is 9.47 Å². The Balaban J connectivity index is 1.45. The van der Waals surface area contributed by atoms with Gasteiger partial charge in [0.2, 0.25) is 0 Å². The second-order valence-corrected chi connectivity index (χ2v) is 12.3. The van der Waals surface area contributed by atoms with Gasteiger partial charge in [0.1, 0.15) is 61.0 Å². The molecule has 2 saturated heterocycles. The fraction of sp³-hybridized carbons (Fsp3) is 0.529. The summed E-state index contributed by atoms with van der Waals surface area (Å²) in [6, 6.07) is 11.5. The third-order valence-corrected chi connectivity index (χ3v) is 8.83. The van der Waals surface area contributed by atoms with Crippen LogP contribution >= 0.6 is 0 Å². The maximum atomic E-state index is 10.4. The SMILES string of the molecule is CN(C)CCN(C)C1c2cc(C#C[C@H]3O[C@H](CO)[C@@H](O)[C@H](O)[C@@H]3O)ccc2-c2ccc(C#C[C@H]3O[C@H](CO)[C@@H](O)[C@H](O)[C@@H]3O)cc21. The molecule has 12 nitrogen and oxygen atoms in total. The Morgan fingerprint density at radius 1 is 0.609 bits per heavy atom. The number of fused-ring (bicyclic) bond motifs is 3. The molecular formula is C34H42N2O10. The van der Waals surface area contributed by atoms with E-state index in [0.717, 1.165) is 35.3 Å². The number of nitrogens with zero attached hydrogens (tertiary/aromatic N) is 2. The van der Waals surface area contributed by atoms with E-state index in [2.05, 4.69) is 33.5 Å². The third kappa shape index (κ3) is 6.86. The molecule has 2 fully saturated rings. The van der Waals surface area contributed by atoms with Gasteiger partial charge in [-0.1, -0.05) is 35.8 Å². The van der Waals surface area contributed by atoms with Crippen molar-refractivity contribution in [3.8, 4) is 34.8 Å². The summed E-state index contributed by atoms with van der Waals surface area (Å²) in [6.45, 7) is 0.495. The lowest BCUT2D eigenvalue weighted by Gasteiger charge is -2.37. The lowest BCUT2D eigenvalue weighted by molar-refractivity contribution is -0.214. The Morgan fingerprint density at radius 3 is 1.43 bits per heavy atom. The molecule has 8 N–H and O–H groups in total. The summed E-state index contributed by atoms with van der Waals surface area (Å²) in [7, 11) is 6.04. The highest BCUT2D eigenvalue weighted by molar-refractivity contribution is 5.80. The Kier molecular flexibility index (Phi) is 10.8. The average molecular weight is 639 g/mol. The second kappa shape index (κ2) is 14.5. The second-order valence-electron chi connectivity index (χ2n) is 12.3. The first-order valence-corrected chi connectivity index (χ1v) is 15.2. The fourth-order valence-corrected chi connectivity index (χ4v) is 6.10. The average Bonchev–Trinajstić information content (AvgIpc) is 3.37. The van der Waals surface area contributed by atoms with E-state index in [1.807, 2.05) is 57.5 Å². The van der Waals surface area contributed by atoms with Crippen molar-refractivity contribution >= 4 is 0 Å². The van der Waals surface area contributed by atoms with Gasteiger partial charge in [-0.15, -0.1) is 0 Å². The minimum Gasteiger partial charge on any atom is -0.394 e. The highest BCUT2D eigenvalue weighted by Gasteiger charge is 2.44. The van der Waals surface area contributed by atoms with E-state index in [0.29, 0.717) is 11.1 Å². The summed E-state index contributed by atoms with van der Waals surface area (Å²) in [5, 5.41) is 80.3. The Morgan fingerprint density at radius 2 is 1.04 bits per heavy atom. The molecule has 3 aliphatic rings. The quantitative estimate of drug-likeness (QED) is 0.158. The molecule has 10 atom stereocenters. The molecule has 0 bridgehead atoms. The van der Waals surface area contributed by atoms with E-state index >= 15 is 0 Å². The van der Waals surface area contributed by atoms with E-state index in [1.165, 1.54) is 0 Å². The highest BCUT2D eigenvalue weighted by atomic mass is 16.5. The molecule has 2 aromatic rings. The zero-order valence-corrected chi connectivity index (χ0v) is 25.9. The van der Waals surface area contributed by atoms with Gasteiger partial charge in [-0.3, -0.25) is 4.90 Å². The van der Waals surface area contributed by atoms with Gasteiger partial charge in [0.15, 0.2) is 0 Å². The van der Waals surface area contributed by atoms with Crippen molar-refractivity contribution in [3.63, 3.8) is 0 Å². The first-order chi connectivity index (χ1) is 21.9. The molecule has 5 rings (SSSR count). The summed E-state index contributed by atoms with van der Waals surface area (Å²) >= 11 is 0. The molecule has 0 spiro atoms. The van der Waals surface area contributed by atoms with E-state index in [-0.39, 0.29) is 6.04 Å². The topological polar surface area (TPSA) is 187 Å². The molecule has 2 heterocycles. The normalized spacial score (nSPS) is 32.4. The van der Waals surface area contributed by atoms with Crippen LogP contribution in [0.2, 0.25) is 0 Å². The number of ether oxygens (including phenoxy) is 2. The first kappa shape index (κ1) is 34.4. The standard InChI is InChI=1S/C34H42N2O10/c1-35(2)12-13-36(3)28-22-14-18(6-10-24-29(39)33(43)31(41)26(16-37)45-24)4-8-20(22)21-9-5-19(15-23(21)28)7-11-25-30(40)34(44)32(42)27(17-38)46-25/h4-5,8-9,14-15,24-34,37-44H,12-13,16-17H2,1-3H3/t24-,25-,26-,27-,29-,30-,31-,32-,33-,34-/m1/s1. The molecule has 1 aliphatic carbocycles. The Hall–Kier alpha value is -2.92. The number of hydrogen-bond acceptors (Lipinski definition) is 12. The maximum absolute atomic E-state index is 10.4. The molecule has 0 unspecified atom stereocenters. The molecule has 0 aromatic heterocycles. The molecular weight excluding hydrogens is 596 g/mol. The van der Waals surface area contributed by atoms with Gasteiger partial charge in [0, 0.05) is 24.2 Å². The summed E-state index contributed by atoms with van der Waals surface area (Å²) in [5.41, 5.74) is 5.35. The monoisotopic (exact) mass is 638 g/mol. The summed E-state index contributed by atoms with van der Waals surface area (Å²) in [6.07, 6.45) is -13.1. The fourth-order valence-electron chi connectivity index (χ4n) is 6.10. The number of likely N-dealkylation sites (N-methyl/N-ethyl adjacent to an activating group) is 2. The third-order valence-electron chi connectivity index (χ3n) is 8.83. The number of benzene rings is 2.